The number of hydrogen-bond acceptors (Lipinski definition) is 4. The Bertz CT molecular complexity index is 740. The second-order valence-corrected chi connectivity index (χ2v) is 6.95. The quantitative estimate of drug-likeness (QED) is 0.839. The van der Waals surface area contributed by atoms with Crippen LogP contribution in [-0.2, 0) is 4.79 Å². The van der Waals surface area contributed by atoms with E-state index in [4.69, 9.17) is 27.9 Å². The summed E-state index contributed by atoms with van der Waals surface area (Å²) in [5, 5.41) is 4.18. The first-order valence-electron chi connectivity index (χ1n) is 8.42. The number of ether oxygens (including phenoxy) is 1. The molecule has 1 amide bonds. The van der Waals surface area contributed by atoms with Crippen LogP contribution in [0.25, 0.3) is 0 Å². The van der Waals surface area contributed by atoms with E-state index in [1.165, 1.54) is 0 Å². The molecule has 1 heterocycles. The van der Waals surface area contributed by atoms with Gasteiger partial charge in [0.1, 0.15) is 5.75 Å². The molecule has 5 nitrogen and oxygen atoms in total. The van der Waals surface area contributed by atoms with Crippen LogP contribution in [-0.4, -0.2) is 50.6 Å². The molecular weight excluding hydrogens is 373 g/mol. The Morgan fingerprint density at radius 2 is 1.65 bits per heavy atom. The molecule has 0 aromatic heterocycles. The van der Waals surface area contributed by atoms with Gasteiger partial charge in [0.2, 0.25) is 5.91 Å². The van der Waals surface area contributed by atoms with Gasteiger partial charge in [0.15, 0.2) is 0 Å². The molecule has 2 aromatic rings. The molecule has 1 aliphatic heterocycles. The van der Waals surface area contributed by atoms with Gasteiger partial charge in [-0.1, -0.05) is 23.2 Å². The highest BCUT2D eigenvalue weighted by Crippen LogP contribution is 2.23. The van der Waals surface area contributed by atoms with Gasteiger partial charge in [0.25, 0.3) is 0 Å². The van der Waals surface area contributed by atoms with E-state index in [9.17, 15) is 4.79 Å². The zero-order valence-corrected chi connectivity index (χ0v) is 16.1. The summed E-state index contributed by atoms with van der Waals surface area (Å²) in [7, 11) is 1.66. The van der Waals surface area contributed by atoms with E-state index in [0.717, 1.165) is 30.2 Å². The van der Waals surface area contributed by atoms with Crippen molar-refractivity contribution in [1.29, 1.82) is 0 Å². The molecule has 26 heavy (non-hydrogen) atoms. The number of carbonyl (C=O) groups is 1. The van der Waals surface area contributed by atoms with Gasteiger partial charge in [-0.3, -0.25) is 4.79 Å². The third-order valence-electron chi connectivity index (χ3n) is 4.38. The van der Waals surface area contributed by atoms with Crippen LogP contribution in [0.1, 0.15) is 0 Å². The molecule has 1 fully saturated rings. The van der Waals surface area contributed by atoms with Gasteiger partial charge in [-0.25, -0.2) is 0 Å². The Labute approximate surface area is 163 Å². The number of benzene rings is 2. The molecule has 0 saturated carbocycles. The predicted molar refractivity (Wildman–Crippen MR) is 107 cm³/mol. The fourth-order valence-electron chi connectivity index (χ4n) is 2.95. The normalized spacial score (nSPS) is 14.3. The number of methoxy groups -OCH3 is 1. The van der Waals surface area contributed by atoms with E-state index >= 15 is 0 Å². The highest BCUT2D eigenvalue weighted by Gasteiger charge is 2.21. The molecule has 0 spiro atoms. The lowest BCUT2D eigenvalue weighted by Gasteiger charge is -2.36. The van der Waals surface area contributed by atoms with Crippen LogP contribution in [0.5, 0.6) is 5.75 Å². The molecule has 2 aromatic carbocycles. The van der Waals surface area contributed by atoms with Gasteiger partial charge in [-0.15, -0.1) is 0 Å². The van der Waals surface area contributed by atoms with Crippen LogP contribution in [0.3, 0.4) is 0 Å². The summed E-state index contributed by atoms with van der Waals surface area (Å²) >= 11 is 11.9. The summed E-state index contributed by atoms with van der Waals surface area (Å²) in [4.78, 5) is 16.6. The van der Waals surface area contributed by atoms with Crippen molar-refractivity contribution in [3.63, 3.8) is 0 Å². The van der Waals surface area contributed by atoms with Gasteiger partial charge >= 0.3 is 0 Å². The van der Waals surface area contributed by atoms with Crippen molar-refractivity contribution in [2.75, 3.05) is 50.1 Å². The van der Waals surface area contributed by atoms with E-state index in [2.05, 4.69) is 10.2 Å². The molecule has 7 heteroatoms. The zero-order chi connectivity index (χ0) is 18.5. The van der Waals surface area contributed by atoms with Gasteiger partial charge in [-0.2, -0.15) is 0 Å². The summed E-state index contributed by atoms with van der Waals surface area (Å²) in [6.45, 7) is 3.23. The average Bonchev–Trinajstić information content (AvgIpc) is 2.65. The minimum Gasteiger partial charge on any atom is -0.497 e. The third-order valence-corrected chi connectivity index (χ3v) is 4.81. The van der Waals surface area contributed by atoms with E-state index in [1.54, 1.807) is 25.3 Å². The second kappa shape index (κ2) is 8.52. The standard InChI is InChI=1S/C19H21Cl2N3O2/c1-26-18-4-2-17(3-5-18)23-6-8-24(9-7-23)19(25)13-22-16-11-14(20)10-15(21)12-16/h2-5,10-12,22H,6-9,13H2,1H3. The van der Waals surface area contributed by atoms with Crippen molar-refractivity contribution >= 4 is 40.5 Å². The van der Waals surface area contributed by atoms with Gasteiger partial charge in [0, 0.05) is 47.6 Å². The van der Waals surface area contributed by atoms with Crippen LogP contribution in [0.2, 0.25) is 10.0 Å². The lowest BCUT2D eigenvalue weighted by atomic mass is 10.2. The number of amides is 1. The highest BCUT2D eigenvalue weighted by atomic mass is 35.5. The lowest BCUT2D eigenvalue weighted by Crippen LogP contribution is -2.50. The molecule has 0 radical (unpaired) electrons. The van der Waals surface area contributed by atoms with Gasteiger partial charge in [-0.05, 0) is 42.5 Å². The monoisotopic (exact) mass is 393 g/mol. The largest absolute Gasteiger partial charge is 0.497 e. The summed E-state index contributed by atoms with van der Waals surface area (Å²) < 4.78 is 5.19. The zero-order valence-electron chi connectivity index (χ0n) is 14.5. The molecule has 0 atom stereocenters. The number of anilines is 2. The maximum atomic E-state index is 12.4. The number of piperazine rings is 1. The van der Waals surface area contributed by atoms with E-state index < -0.39 is 0 Å². The molecular formula is C19H21Cl2N3O2. The summed E-state index contributed by atoms with van der Waals surface area (Å²) in [6.07, 6.45) is 0. The second-order valence-electron chi connectivity index (χ2n) is 6.08. The third kappa shape index (κ3) is 4.74. The fraction of sp³-hybridized carbons (Fsp3) is 0.316. The Morgan fingerprint density at radius 3 is 2.23 bits per heavy atom. The smallest absolute Gasteiger partial charge is 0.241 e. The van der Waals surface area contributed by atoms with Crippen molar-refractivity contribution < 1.29 is 9.53 Å². The number of hydrogen-bond donors (Lipinski definition) is 1. The van der Waals surface area contributed by atoms with Crippen molar-refractivity contribution in [1.82, 2.24) is 4.90 Å². The number of nitrogens with zero attached hydrogens (tertiary/aromatic N) is 2. The van der Waals surface area contributed by atoms with E-state index in [1.807, 2.05) is 29.2 Å². The van der Waals surface area contributed by atoms with Gasteiger partial charge < -0.3 is 19.9 Å². The van der Waals surface area contributed by atoms with Crippen molar-refractivity contribution in [2.24, 2.45) is 0 Å². The SMILES string of the molecule is COc1ccc(N2CCN(C(=O)CNc3cc(Cl)cc(Cl)c3)CC2)cc1. The van der Waals surface area contributed by atoms with Crippen LogP contribution < -0.4 is 15.0 Å². The molecule has 1 N–H and O–H groups in total. The van der Waals surface area contributed by atoms with Gasteiger partial charge in [0.05, 0.1) is 13.7 Å². The predicted octanol–water partition coefficient (Wildman–Crippen LogP) is 3.76. The first-order valence-corrected chi connectivity index (χ1v) is 9.17. The molecule has 0 aliphatic carbocycles. The van der Waals surface area contributed by atoms with Crippen LogP contribution >= 0.6 is 23.2 Å². The number of halogens is 2. The maximum Gasteiger partial charge on any atom is 0.241 e. The minimum absolute atomic E-state index is 0.0653. The number of nitrogens with one attached hydrogen (secondary N) is 1. The highest BCUT2D eigenvalue weighted by molar-refractivity contribution is 6.35. The molecule has 0 unspecified atom stereocenters. The molecule has 138 valence electrons. The fourth-order valence-corrected chi connectivity index (χ4v) is 3.48. The summed E-state index contributed by atoms with van der Waals surface area (Å²) in [5.74, 6) is 0.908. The summed E-state index contributed by atoms with van der Waals surface area (Å²) in [6, 6.07) is 13.2. The maximum absolute atomic E-state index is 12.4. The topological polar surface area (TPSA) is 44.8 Å². The van der Waals surface area contributed by atoms with Crippen LogP contribution in [0, 0.1) is 0 Å². The molecule has 1 saturated heterocycles. The summed E-state index contributed by atoms with van der Waals surface area (Å²) in [5.41, 5.74) is 1.89. The van der Waals surface area contributed by atoms with Crippen LogP contribution in [0.15, 0.2) is 42.5 Å². The Kier molecular flexibility index (Phi) is 6.12. The first-order chi connectivity index (χ1) is 12.5. The lowest BCUT2D eigenvalue weighted by molar-refractivity contribution is -0.129. The Hall–Kier alpha value is -2.11. The first kappa shape index (κ1) is 18.7. The average molecular weight is 394 g/mol. The number of rotatable bonds is 5. The Morgan fingerprint density at radius 1 is 1.04 bits per heavy atom. The molecule has 3 rings (SSSR count). The molecule has 1 aliphatic rings. The van der Waals surface area contributed by atoms with Crippen molar-refractivity contribution in [3.05, 3.63) is 52.5 Å². The van der Waals surface area contributed by atoms with Crippen molar-refractivity contribution in [3.8, 4) is 5.75 Å². The van der Waals surface area contributed by atoms with E-state index in [-0.39, 0.29) is 12.5 Å². The molecule has 0 bridgehead atoms. The Balaban J connectivity index is 1.49. The van der Waals surface area contributed by atoms with Crippen molar-refractivity contribution in [2.45, 2.75) is 0 Å². The van der Waals surface area contributed by atoms with Crippen LogP contribution in [0.4, 0.5) is 11.4 Å². The number of carbonyl (C=O) groups excluding carboxylic acids is 1. The van der Waals surface area contributed by atoms with E-state index in [0.29, 0.717) is 23.1 Å². The minimum atomic E-state index is 0.0653.